The number of hydrogen-bond acceptors (Lipinski definition) is 8. The van der Waals surface area contributed by atoms with Crippen LogP contribution in [0.4, 0.5) is 19.0 Å². The van der Waals surface area contributed by atoms with Gasteiger partial charge in [-0.25, -0.2) is 18.2 Å². The number of benzene rings is 2. The number of piperazine rings is 1. The van der Waals surface area contributed by atoms with Crippen LogP contribution in [0, 0.1) is 11.6 Å². The summed E-state index contributed by atoms with van der Waals surface area (Å²) in [6, 6.07) is 10.3. The van der Waals surface area contributed by atoms with Crippen LogP contribution in [0.3, 0.4) is 0 Å². The highest BCUT2D eigenvalue weighted by atomic mass is 19.1. The summed E-state index contributed by atoms with van der Waals surface area (Å²) in [4.78, 5) is 18.3. The first-order valence-electron chi connectivity index (χ1n) is 15.2. The van der Waals surface area contributed by atoms with Gasteiger partial charge in [0.15, 0.2) is 5.82 Å². The van der Waals surface area contributed by atoms with Gasteiger partial charge in [-0.05, 0) is 42.6 Å². The Bertz CT molecular complexity index is 1740. The summed E-state index contributed by atoms with van der Waals surface area (Å²) < 4.78 is 59.2. The molecule has 8 nitrogen and oxygen atoms in total. The Morgan fingerprint density at radius 1 is 1.12 bits per heavy atom. The van der Waals surface area contributed by atoms with Gasteiger partial charge >= 0.3 is 6.01 Å². The topological polar surface area (TPSA) is 75.6 Å². The van der Waals surface area contributed by atoms with Gasteiger partial charge in [-0.15, -0.1) is 0 Å². The van der Waals surface area contributed by atoms with Crippen molar-refractivity contribution in [3.8, 4) is 23.1 Å². The van der Waals surface area contributed by atoms with Crippen LogP contribution in [0.1, 0.15) is 32.6 Å². The van der Waals surface area contributed by atoms with Crippen molar-refractivity contribution in [1.29, 1.82) is 0 Å². The molecule has 0 spiro atoms. The molecule has 43 heavy (non-hydrogen) atoms. The third-order valence-electron chi connectivity index (χ3n) is 9.78. The highest BCUT2D eigenvalue weighted by molar-refractivity contribution is 6.01. The lowest BCUT2D eigenvalue weighted by atomic mass is 9.95. The molecular formula is C32H33F3N6O2. The van der Waals surface area contributed by atoms with Crippen LogP contribution in [0.15, 0.2) is 36.4 Å². The van der Waals surface area contributed by atoms with Gasteiger partial charge in [-0.1, -0.05) is 37.3 Å². The van der Waals surface area contributed by atoms with Crippen LogP contribution in [0.25, 0.3) is 32.9 Å². The Balaban J connectivity index is 1.31. The van der Waals surface area contributed by atoms with Crippen molar-refractivity contribution in [2.45, 2.75) is 56.4 Å². The average molecular weight is 591 g/mol. The monoisotopic (exact) mass is 590 g/mol. The molecule has 1 N–H and O–H groups in total. The fourth-order valence-electron chi connectivity index (χ4n) is 7.72. The van der Waals surface area contributed by atoms with E-state index in [-0.39, 0.29) is 47.4 Å². The number of pyridine rings is 1. The number of fused-ring (bicyclic) bond motifs is 4. The Hall–Kier alpha value is -3.70. The molecule has 2 aromatic heterocycles. The molecule has 4 aliphatic heterocycles. The Morgan fingerprint density at radius 2 is 2.00 bits per heavy atom. The van der Waals surface area contributed by atoms with Crippen molar-refractivity contribution in [2.24, 2.45) is 0 Å². The van der Waals surface area contributed by atoms with E-state index < -0.39 is 23.3 Å². The minimum atomic E-state index is -0.903. The fourth-order valence-corrected chi connectivity index (χ4v) is 7.72. The molecule has 4 aliphatic rings. The van der Waals surface area contributed by atoms with E-state index in [0.717, 1.165) is 37.7 Å². The lowest BCUT2D eigenvalue weighted by Crippen LogP contribution is -2.60. The van der Waals surface area contributed by atoms with E-state index >= 15 is 8.78 Å². The number of hydrogen-bond donors (Lipinski definition) is 1. The Labute approximate surface area is 247 Å². The molecule has 0 unspecified atom stereocenters. The number of nitrogens with one attached hydrogen (secondary N) is 1. The first-order valence-corrected chi connectivity index (χ1v) is 15.2. The largest absolute Gasteiger partial charge is 0.475 e. The van der Waals surface area contributed by atoms with E-state index in [2.05, 4.69) is 32.0 Å². The summed E-state index contributed by atoms with van der Waals surface area (Å²) in [5.74, 6) is -0.700. The van der Waals surface area contributed by atoms with Crippen LogP contribution in [-0.2, 0) is 0 Å². The quantitative estimate of drug-likeness (QED) is 0.347. The van der Waals surface area contributed by atoms with Crippen molar-refractivity contribution >= 4 is 27.5 Å². The van der Waals surface area contributed by atoms with Crippen molar-refractivity contribution in [3.63, 3.8) is 0 Å². The van der Waals surface area contributed by atoms with E-state index in [1.54, 1.807) is 18.2 Å². The summed E-state index contributed by atoms with van der Waals surface area (Å²) in [6.45, 7) is 5.18. The van der Waals surface area contributed by atoms with E-state index in [1.165, 1.54) is 6.07 Å². The first kappa shape index (κ1) is 26.9. The molecule has 0 saturated carbocycles. The van der Waals surface area contributed by atoms with E-state index in [0.29, 0.717) is 42.7 Å². The van der Waals surface area contributed by atoms with Crippen LogP contribution in [-0.4, -0.2) is 83.0 Å². The van der Waals surface area contributed by atoms with Crippen LogP contribution in [0.5, 0.6) is 11.9 Å². The molecule has 0 bridgehead atoms. The molecule has 3 fully saturated rings. The van der Waals surface area contributed by atoms with Crippen LogP contribution in [0.2, 0.25) is 0 Å². The second-order valence-electron chi connectivity index (χ2n) is 12.2. The maximum absolute atomic E-state index is 16.7. The SMILES string of the molecule is CC[C@@H]1NCCN2c3nc(OC[C@@]45CCCN4C[C@H](F)C5)nc4c(F)c(-c5c(F)ccc6ccccc56)nc(c34)OC[C@H]12. The third-order valence-corrected chi connectivity index (χ3v) is 9.78. The van der Waals surface area contributed by atoms with Crippen LogP contribution >= 0.6 is 0 Å². The standard InChI is InChI=1S/C32H33F3N6O2/c1-2-22-23-16-42-30-25-28(26(35)27(37-30)24-20-7-4-3-6-18(20)8-9-21(24)34)38-31(39-29(25)41(23)13-11-36-22)43-17-32-10-5-12-40(32)15-19(33)14-32/h3-4,6-9,19,22-23,36H,2,5,10-17H2,1H3/t19-,22+,23-,32+/m1/s1. The van der Waals surface area contributed by atoms with E-state index in [4.69, 9.17) is 14.5 Å². The molecule has 224 valence electrons. The van der Waals surface area contributed by atoms with E-state index in [1.807, 2.05) is 12.1 Å². The molecule has 8 rings (SSSR count). The summed E-state index contributed by atoms with van der Waals surface area (Å²) in [5.41, 5.74) is -0.571. The molecule has 0 radical (unpaired) electrons. The lowest BCUT2D eigenvalue weighted by Gasteiger charge is -2.41. The normalized spacial score (nSPS) is 26.8. The van der Waals surface area contributed by atoms with Gasteiger partial charge in [0, 0.05) is 37.7 Å². The van der Waals surface area contributed by atoms with Crippen LogP contribution < -0.4 is 19.7 Å². The second-order valence-corrected chi connectivity index (χ2v) is 12.2. The summed E-state index contributed by atoms with van der Waals surface area (Å²) in [5, 5.41) is 5.20. The van der Waals surface area contributed by atoms with Gasteiger partial charge in [0.2, 0.25) is 5.88 Å². The molecule has 0 amide bonds. The number of nitrogens with zero attached hydrogens (tertiary/aromatic N) is 5. The maximum Gasteiger partial charge on any atom is 0.319 e. The van der Waals surface area contributed by atoms with Gasteiger partial charge in [-0.2, -0.15) is 9.97 Å². The summed E-state index contributed by atoms with van der Waals surface area (Å²) >= 11 is 0. The molecule has 2 aromatic carbocycles. The molecule has 4 aromatic rings. The van der Waals surface area contributed by atoms with Gasteiger partial charge < -0.3 is 19.7 Å². The minimum absolute atomic E-state index is 0.0126. The predicted molar refractivity (Wildman–Crippen MR) is 157 cm³/mol. The smallest absolute Gasteiger partial charge is 0.319 e. The zero-order valence-electron chi connectivity index (χ0n) is 24.0. The molecule has 0 aliphatic carbocycles. The van der Waals surface area contributed by atoms with Gasteiger partial charge in [0.25, 0.3) is 0 Å². The number of halogens is 3. The highest BCUT2D eigenvalue weighted by Crippen LogP contribution is 2.44. The average Bonchev–Trinajstić information content (AvgIpc) is 3.49. The summed E-state index contributed by atoms with van der Waals surface area (Å²) in [7, 11) is 0. The Kier molecular flexibility index (Phi) is 6.38. The van der Waals surface area contributed by atoms with Gasteiger partial charge in [-0.3, -0.25) is 4.90 Å². The fraction of sp³-hybridized carbons (Fsp3) is 0.469. The summed E-state index contributed by atoms with van der Waals surface area (Å²) in [6.07, 6.45) is 2.15. The van der Waals surface area contributed by atoms with E-state index in [9.17, 15) is 4.39 Å². The minimum Gasteiger partial charge on any atom is -0.475 e. The number of rotatable bonds is 5. The van der Waals surface area contributed by atoms with Gasteiger partial charge in [0.1, 0.15) is 47.6 Å². The van der Waals surface area contributed by atoms with Crippen molar-refractivity contribution in [2.75, 3.05) is 44.3 Å². The zero-order valence-corrected chi connectivity index (χ0v) is 24.0. The molecule has 3 saturated heterocycles. The molecule has 11 heteroatoms. The predicted octanol–water partition coefficient (Wildman–Crippen LogP) is 5.03. The van der Waals surface area contributed by atoms with Gasteiger partial charge in [0.05, 0.1) is 11.6 Å². The van der Waals surface area contributed by atoms with Crippen molar-refractivity contribution in [1.82, 2.24) is 25.2 Å². The molecule has 6 heterocycles. The van der Waals surface area contributed by atoms with Crippen molar-refractivity contribution < 1.29 is 22.6 Å². The lowest BCUT2D eigenvalue weighted by molar-refractivity contribution is 0.107. The zero-order chi connectivity index (χ0) is 29.3. The number of aromatic nitrogens is 3. The first-order chi connectivity index (χ1) is 21.0. The second kappa shape index (κ2) is 10.2. The van der Waals surface area contributed by atoms with Crippen molar-refractivity contribution in [3.05, 3.63) is 48.0 Å². The molecule has 4 atom stereocenters. The Morgan fingerprint density at radius 3 is 2.88 bits per heavy atom. The number of ether oxygens (including phenoxy) is 2. The highest BCUT2D eigenvalue weighted by Gasteiger charge is 2.49. The number of alkyl halides is 1. The molecular weight excluding hydrogens is 557 g/mol. The third kappa shape index (κ3) is 4.22. The maximum atomic E-state index is 16.7. The number of anilines is 1.